The lowest BCUT2D eigenvalue weighted by molar-refractivity contribution is -0.485. The average Bonchev–Trinajstić information content (AvgIpc) is 2.38. The fourth-order valence-corrected chi connectivity index (χ4v) is 2.33. The summed E-state index contributed by atoms with van der Waals surface area (Å²) in [6.45, 7) is 0. The number of hydrogen-bond donors (Lipinski definition) is 4. The van der Waals surface area contributed by atoms with Crippen LogP contribution in [0.25, 0.3) is 0 Å². The maximum Gasteiger partial charge on any atom is 0.280 e. The Bertz CT molecular complexity index is 379. The third-order valence-electron chi connectivity index (χ3n) is 1.66. The Morgan fingerprint density at radius 1 is 1.29 bits per heavy atom. The fourth-order valence-electron chi connectivity index (χ4n) is 1.21. The van der Waals surface area contributed by atoms with E-state index in [0.29, 0.717) is 0 Å². The van der Waals surface area contributed by atoms with Gasteiger partial charge in [0.2, 0.25) is 0 Å². The molecule has 78 valence electrons. The number of fused-ring (bicyclic) bond motifs is 1. The van der Waals surface area contributed by atoms with Crippen molar-refractivity contribution in [2.45, 2.75) is 12.3 Å². The van der Waals surface area contributed by atoms with Crippen molar-refractivity contribution >= 4 is 16.2 Å². The van der Waals surface area contributed by atoms with E-state index in [9.17, 15) is 18.5 Å². The second-order valence-electron chi connectivity index (χ2n) is 2.67. The van der Waals surface area contributed by atoms with Crippen LogP contribution in [0.15, 0.2) is 5.10 Å². The first kappa shape index (κ1) is 9.11. The lowest BCUT2D eigenvalue weighted by Crippen LogP contribution is -2.40. The molecular weight excluding hydrogens is 216 g/mol. The van der Waals surface area contributed by atoms with Crippen molar-refractivity contribution in [3.05, 3.63) is 10.1 Å². The Kier molecular flexibility index (Phi) is 1.80. The molecule has 0 bridgehead atoms. The molecule has 2 rings (SSSR count). The Hall–Kier alpha value is -1.46. The van der Waals surface area contributed by atoms with Crippen LogP contribution >= 0.6 is 0 Å². The van der Waals surface area contributed by atoms with Gasteiger partial charge in [-0.2, -0.15) is 17.9 Å². The molecule has 0 unspecified atom stereocenters. The minimum absolute atomic E-state index is 0.0834. The molecule has 0 amide bonds. The van der Waals surface area contributed by atoms with E-state index in [2.05, 4.69) is 25.2 Å². The van der Waals surface area contributed by atoms with Crippen LogP contribution in [0, 0.1) is 10.1 Å². The summed E-state index contributed by atoms with van der Waals surface area (Å²) in [7, 11) is -3.51. The maximum absolute atomic E-state index is 10.9. The van der Waals surface area contributed by atoms with Gasteiger partial charge in [-0.05, 0) is 0 Å². The summed E-state index contributed by atoms with van der Waals surface area (Å²) < 4.78 is 26.2. The van der Waals surface area contributed by atoms with E-state index in [1.54, 1.807) is 0 Å². The predicted octanol–water partition coefficient (Wildman–Crippen LogP) is -3.18. The van der Waals surface area contributed by atoms with Gasteiger partial charge in [0.1, 0.15) is 17.4 Å². The van der Waals surface area contributed by atoms with Gasteiger partial charge in [-0.1, -0.05) is 0 Å². The molecule has 2 saturated heterocycles. The van der Waals surface area contributed by atoms with Gasteiger partial charge in [0.05, 0.1) is 0 Å². The van der Waals surface area contributed by atoms with Crippen molar-refractivity contribution in [1.82, 2.24) is 20.1 Å². The summed E-state index contributed by atoms with van der Waals surface area (Å²) in [6, 6.07) is 0. The summed E-state index contributed by atoms with van der Waals surface area (Å²) in [4.78, 5) is 9.98. The van der Waals surface area contributed by atoms with Gasteiger partial charge in [-0.25, -0.2) is 10.1 Å². The third-order valence-corrected chi connectivity index (χ3v) is 2.79. The number of nitro groups is 1. The van der Waals surface area contributed by atoms with Crippen molar-refractivity contribution in [3.63, 3.8) is 0 Å². The Labute approximate surface area is 78.1 Å². The zero-order valence-electron chi connectivity index (χ0n) is 6.59. The van der Waals surface area contributed by atoms with Gasteiger partial charge in [0, 0.05) is 0 Å². The molecule has 0 aromatic heterocycles. The van der Waals surface area contributed by atoms with Crippen molar-refractivity contribution in [2.24, 2.45) is 5.10 Å². The Morgan fingerprint density at radius 3 is 2.21 bits per heavy atom. The zero-order valence-corrected chi connectivity index (χ0v) is 7.41. The number of guanidine groups is 1. The molecule has 14 heavy (non-hydrogen) atoms. The lowest BCUT2D eigenvalue weighted by Gasteiger charge is -2.01. The number of nitrogens with one attached hydrogen (secondary N) is 4. The number of nitrogens with zero attached hydrogens (tertiary/aromatic N) is 2. The Balaban J connectivity index is 2.11. The monoisotopic (exact) mass is 222 g/mol. The molecule has 2 aliphatic heterocycles. The van der Waals surface area contributed by atoms with Gasteiger partial charge >= 0.3 is 0 Å². The van der Waals surface area contributed by atoms with E-state index in [4.69, 9.17) is 0 Å². The molecule has 2 aliphatic rings. The molecule has 0 aromatic rings. The summed E-state index contributed by atoms with van der Waals surface area (Å²) in [5.74, 6) is -0.0834. The summed E-state index contributed by atoms with van der Waals surface area (Å²) in [6.07, 6.45) is -1.31. The molecule has 0 aromatic carbocycles. The minimum Gasteiger partial charge on any atom is -0.331 e. The molecule has 0 radical (unpaired) electrons. The average molecular weight is 222 g/mol. The van der Waals surface area contributed by atoms with Crippen LogP contribution in [0.3, 0.4) is 0 Å². The van der Waals surface area contributed by atoms with E-state index < -0.39 is 27.6 Å². The predicted molar refractivity (Wildman–Crippen MR) is 43.5 cm³/mol. The molecule has 0 spiro atoms. The topological polar surface area (TPSA) is 138 Å². The first-order chi connectivity index (χ1) is 6.46. The number of hydrazone groups is 1. The standard InChI is InChI=1S/C3H6N6O4S/c10-9(11)6-3-4-1-2(5-3)8-14(12,13)7-1/h1-2,7-8H,(H2,4,5,6)/t1-,2+. The van der Waals surface area contributed by atoms with E-state index in [1.165, 1.54) is 0 Å². The highest BCUT2D eigenvalue weighted by Crippen LogP contribution is 2.05. The summed E-state index contributed by atoms with van der Waals surface area (Å²) in [5, 5.41) is 17.0. The van der Waals surface area contributed by atoms with E-state index >= 15 is 0 Å². The fraction of sp³-hybridized carbons (Fsp3) is 0.667. The highest BCUT2D eigenvalue weighted by molar-refractivity contribution is 7.87. The molecule has 10 nitrogen and oxygen atoms in total. The van der Waals surface area contributed by atoms with Crippen LogP contribution in [0.5, 0.6) is 0 Å². The highest BCUT2D eigenvalue weighted by Gasteiger charge is 2.42. The normalized spacial score (nSPS) is 36.1. The zero-order chi connectivity index (χ0) is 10.3. The number of hydrogen-bond acceptors (Lipinski definition) is 4. The number of rotatable bonds is 1. The van der Waals surface area contributed by atoms with Gasteiger partial charge in [0.15, 0.2) is 5.03 Å². The quantitative estimate of drug-likeness (QED) is 0.272. The van der Waals surface area contributed by atoms with Gasteiger partial charge < -0.3 is 10.6 Å². The van der Waals surface area contributed by atoms with Crippen LogP contribution in [0.4, 0.5) is 0 Å². The molecular formula is C3H6N6O4S. The first-order valence-corrected chi connectivity index (χ1v) is 5.00. The molecule has 0 saturated carbocycles. The maximum atomic E-state index is 10.9. The molecule has 2 heterocycles. The minimum atomic E-state index is -3.51. The van der Waals surface area contributed by atoms with E-state index in [0.717, 1.165) is 0 Å². The first-order valence-electron chi connectivity index (χ1n) is 3.52. The van der Waals surface area contributed by atoms with E-state index in [1.807, 2.05) is 0 Å². The van der Waals surface area contributed by atoms with Crippen LogP contribution in [-0.4, -0.2) is 31.7 Å². The molecule has 2 atom stereocenters. The second kappa shape index (κ2) is 2.76. The van der Waals surface area contributed by atoms with Crippen molar-refractivity contribution in [2.75, 3.05) is 0 Å². The Morgan fingerprint density at radius 2 is 1.79 bits per heavy atom. The van der Waals surface area contributed by atoms with Crippen LogP contribution in [0.2, 0.25) is 0 Å². The van der Waals surface area contributed by atoms with Crippen molar-refractivity contribution in [3.8, 4) is 0 Å². The summed E-state index contributed by atoms with van der Waals surface area (Å²) in [5.41, 5.74) is 0. The highest BCUT2D eigenvalue weighted by atomic mass is 32.2. The molecule has 4 N–H and O–H groups in total. The summed E-state index contributed by atoms with van der Waals surface area (Å²) >= 11 is 0. The van der Waals surface area contributed by atoms with E-state index in [-0.39, 0.29) is 5.96 Å². The van der Waals surface area contributed by atoms with Crippen molar-refractivity contribution in [1.29, 1.82) is 0 Å². The lowest BCUT2D eigenvalue weighted by atomic mass is 10.4. The SMILES string of the molecule is O=[N+]([O-])N=C1N[C@@H]2NS(=O)(=O)N[C@@H]2N1. The van der Waals surface area contributed by atoms with Gasteiger partial charge in [-0.3, -0.25) is 0 Å². The second-order valence-corrected chi connectivity index (χ2v) is 4.15. The van der Waals surface area contributed by atoms with Crippen LogP contribution in [-0.2, 0) is 10.2 Å². The van der Waals surface area contributed by atoms with Crippen molar-refractivity contribution < 1.29 is 13.5 Å². The molecule has 0 aliphatic carbocycles. The largest absolute Gasteiger partial charge is 0.331 e. The third kappa shape index (κ3) is 1.59. The van der Waals surface area contributed by atoms with Gasteiger partial charge in [0.25, 0.3) is 16.2 Å². The van der Waals surface area contributed by atoms with Crippen LogP contribution < -0.4 is 20.1 Å². The van der Waals surface area contributed by atoms with Gasteiger partial charge in [-0.15, -0.1) is 0 Å². The van der Waals surface area contributed by atoms with Crippen LogP contribution in [0.1, 0.15) is 0 Å². The molecule has 2 fully saturated rings. The smallest absolute Gasteiger partial charge is 0.280 e. The molecule has 11 heteroatoms.